The summed E-state index contributed by atoms with van der Waals surface area (Å²) < 4.78 is 10.2. The SMILES string of the molecule is COc1ccc2cc(CN(C)C(=O)COC(=O)c3ccc([N+](=O)[O-])s3)ccc2c1. The van der Waals surface area contributed by atoms with Crippen molar-refractivity contribution < 1.29 is 24.0 Å². The third kappa shape index (κ3) is 4.88. The van der Waals surface area contributed by atoms with Gasteiger partial charge in [0.1, 0.15) is 10.6 Å². The number of likely N-dealkylation sites (N-methyl/N-ethyl adjacent to an activating group) is 1. The first kappa shape index (κ1) is 20.3. The van der Waals surface area contributed by atoms with Gasteiger partial charge in [0.2, 0.25) is 0 Å². The van der Waals surface area contributed by atoms with Crippen molar-refractivity contribution in [2.75, 3.05) is 20.8 Å². The van der Waals surface area contributed by atoms with Crippen LogP contribution in [0.4, 0.5) is 5.00 Å². The summed E-state index contributed by atoms with van der Waals surface area (Å²) in [4.78, 5) is 35.8. The van der Waals surface area contributed by atoms with Gasteiger partial charge in [-0.25, -0.2) is 4.79 Å². The predicted octanol–water partition coefficient (Wildman–Crippen LogP) is 3.63. The lowest BCUT2D eigenvalue weighted by Crippen LogP contribution is -2.30. The number of esters is 1. The van der Waals surface area contributed by atoms with E-state index >= 15 is 0 Å². The number of nitro groups is 1. The number of carbonyl (C=O) groups excluding carboxylic acids is 2. The van der Waals surface area contributed by atoms with Crippen molar-refractivity contribution in [3.8, 4) is 5.75 Å². The molecule has 1 amide bonds. The van der Waals surface area contributed by atoms with Gasteiger partial charge in [0.15, 0.2) is 6.61 Å². The minimum atomic E-state index is -0.760. The smallest absolute Gasteiger partial charge is 0.349 e. The Bertz CT molecular complexity index is 1080. The molecule has 0 saturated carbocycles. The fraction of sp³-hybridized carbons (Fsp3) is 0.200. The Labute approximate surface area is 170 Å². The first-order valence-electron chi connectivity index (χ1n) is 8.59. The van der Waals surface area contributed by atoms with Gasteiger partial charge < -0.3 is 14.4 Å². The molecule has 0 aliphatic carbocycles. The first-order chi connectivity index (χ1) is 13.9. The van der Waals surface area contributed by atoms with Crippen LogP contribution in [0.2, 0.25) is 0 Å². The van der Waals surface area contributed by atoms with E-state index in [1.54, 1.807) is 14.2 Å². The van der Waals surface area contributed by atoms with Crippen LogP contribution in [-0.2, 0) is 16.1 Å². The van der Waals surface area contributed by atoms with E-state index < -0.39 is 17.5 Å². The van der Waals surface area contributed by atoms with Crippen molar-refractivity contribution in [2.45, 2.75) is 6.54 Å². The number of methoxy groups -OCH3 is 1. The van der Waals surface area contributed by atoms with E-state index in [1.165, 1.54) is 17.0 Å². The number of hydrogen-bond donors (Lipinski definition) is 0. The Hall–Kier alpha value is -3.46. The monoisotopic (exact) mass is 414 g/mol. The molecule has 1 aromatic heterocycles. The topological polar surface area (TPSA) is 99.0 Å². The van der Waals surface area contributed by atoms with Gasteiger partial charge in [-0.1, -0.05) is 29.5 Å². The Morgan fingerprint density at radius 2 is 1.83 bits per heavy atom. The standard InChI is InChI=1S/C20H18N2O6S/c1-21(11-13-3-4-15-10-16(27-2)6-5-14(15)9-13)18(23)12-28-20(24)17-7-8-19(29-17)22(25)26/h3-10H,11-12H2,1-2H3. The molecular formula is C20H18N2O6S. The van der Waals surface area contributed by atoms with E-state index in [4.69, 9.17) is 9.47 Å². The number of rotatable bonds is 7. The van der Waals surface area contributed by atoms with E-state index in [-0.39, 0.29) is 15.8 Å². The minimum absolute atomic E-state index is 0.0807. The molecule has 0 spiro atoms. The van der Waals surface area contributed by atoms with Crippen LogP contribution in [0.25, 0.3) is 10.8 Å². The predicted molar refractivity (Wildman–Crippen MR) is 108 cm³/mol. The highest BCUT2D eigenvalue weighted by molar-refractivity contribution is 7.17. The summed E-state index contributed by atoms with van der Waals surface area (Å²) in [5.41, 5.74) is 0.929. The average molecular weight is 414 g/mol. The van der Waals surface area contributed by atoms with E-state index in [1.807, 2.05) is 36.4 Å². The van der Waals surface area contributed by atoms with Gasteiger partial charge in [-0.05, 0) is 40.6 Å². The summed E-state index contributed by atoms with van der Waals surface area (Å²) in [6, 6.07) is 14.1. The first-order valence-corrected chi connectivity index (χ1v) is 9.41. The molecule has 2 aromatic carbocycles. The number of carbonyl (C=O) groups is 2. The van der Waals surface area contributed by atoms with Gasteiger partial charge in [-0.15, -0.1) is 0 Å². The van der Waals surface area contributed by atoms with Gasteiger partial charge in [0.25, 0.3) is 5.91 Å². The van der Waals surface area contributed by atoms with Crippen molar-refractivity contribution in [3.63, 3.8) is 0 Å². The van der Waals surface area contributed by atoms with Gasteiger partial charge in [-0.2, -0.15) is 0 Å². The number of ether oxygens (including phenoxy) is 2. The lowest BCUT2D eigenvalue weighted by atomic mass is 10.1. The van der Waals surface area contributed by atoms with Crippen molar-refractivity contribution in [1.82, 2.24) is 4.90 Å². The van der Waals surface area contributed by atoms with Crippen LogP contribution in [0.1, 0.15) is 15.2 Å². The molecule has 9 heteroatoms. The summed E-state index contributed by atoms with van der Waals surface area (Å²) in [6.07, 6.45) is 0. The molecule has 0 fully saturated rings. The van der Waals surface area contributed by atoms with Crippen LogP contribution < -0.4 is 4.74 Å². The molecule has 0 bridgehead atoms. The molecular weight excluding hydrogens is 396 g/mol. The summed E-state index contributed by atoms with van der Waals surface area (Å²) in [5.74, 6) is -0.362. The second kappa shape index (κ2) is 8.70. The number of hydrogen-bond acceptors (Lipinski definition) is 7. The van der Waals surface area contributed by atoms with Gasteiger partial charge in [-0.3, -0.25) is 14.9 Å². The van der Waals surface area contributed by atoms with Crippen molar-refractivity contribution in [1.29, 1.82) is 0 Å². The van der Waals surface area contributed by atoms with E-state index in [2.05, 4.69) is 0 Å². The number of benzene rings is 2. The molecule has 0 aliphatic rings. The molecule has 0 unspecified atom stereocenters. The second-order valence-electron chi connectivity index (χ2n) is 6.27. The van der Waals surface area contributed by atoms with E-state index in [9.17, 15) is 19.7 Å². The molecule has 0 atom stereocenters. The van der Waals surface area contributed by atoms with Gasteiger partial charge in [0.05, 0.1) is 12.0 Å². The fourth-order valence-corrected chi connectivity index (χ4v) is 3.42. The molecule has 3 rings (SSSR count). The van der Waals surface area contributed by atoms with Crippen LogP contribution in [0.15, 0.2) is 48.5 Å². The summed E-state index contributed by atoms with van der Waals surface area (Å²) in [6.45, 7) is -0.0887. The molecule has 29 heavy (non-hydrogen) atoms. The second-order valence-corrected chi connectivity index (χ2v) is 7.33. The summed E-state index contributed by atoms with van der Waals surface area (Å²) in [7, 11) is 3.23. The molecule has 0 saturated heterocycles. The van der Waals surface area contributed by atoms with Gasteiger partial charge in [0, 0.05) is 19.7 Å². The van der Waals surface area contributed by atoms with Crippen molar-refractivity contribution >= 4 is 39.0 Å². The van der Waals surface area contributed by atoms with Crippen molar-refractivity contribution in [3.05, 3.63) is 69.1 Å². The maximum Gasteiger partial charge on any atom is 0.349 e. The third-order valence-electron chi connectivity index (χ3n) is 4.26. The van der Waals surface area contributed by atoms with Crippen molar-refractivity contribution in [2.24, 2.45) is 0 Å². The maximum atomic E-state index is 12.3. The highest BCUT2D eigenvalue weighted by atomic mass is 32.1. The fourth-order valence-electron chi connectivity index (χ4n) is 2.70. The quantitative estimate of drug-likeness (QED) is 0.333. The van der Waals surface area contributed by atoms with Crippen LogP contribution >= 0.6 is 11.3 Å². The zero-order chi connectivity index (χ0) is 21.0. The molecule has 150 valence electrons. The van der Waals surface area contributed by atoms with Crippen LogP contribution in [0.5, 0.6) is 5.75 Å². The van der Waals surface area contributed by atoms with Crippen LogP contribution in [-0.4, -0.2) is 42.5 Å². The summed E-state index contributed by atoms with van der Waals surface area (Å²) in [5, 5.41) is 12.6. The molecule has 1 heterocycles. The zero-order valence-electron chi connectivity index (χ0n) is 15.8. The molecule has 0 N–H and O–H groups in total. The lowest BCUT2D eigenvalue weighted by Gasteiger charge is -2.17. The third-order valence-corrected chi connectivity index (χ3v) is 5.27. The van der Waals surface area contributed by atoms with E-state index in [0.29, 0.717) is 17.9 Å². The molecule has 8 nitrogen and oxygen atoms in total. The normalized spacial score (nSPS) is 10.6. The highest BCUT2D eigenvalue weighted by Gasteiger charge is 2.18. The highest BCUT2D eigenvalue weighted by Crippen LogP contribution is 2.25. The number of fused-ring (bicyclic) bond motifs is 1. The Morgan fingerprint density at radius 1 is 1.10 bits per heavy atom. The Kier molecular flexibility index (Phi) is 6.08. The number of amides is 1. The summed E-state index contributed by atoms with van der Waals surface area (Å²) >= 11 is 0.708. The Morgan fingerprint density at radius 3 is 2.52 bits per heavy atom. The molecule has 0 radical (unpaired) electrons. The van der Waals surface area contributed by atoms with Gasteiger partial charge >= 0.3 is 11.0 Å². The Balaban J connectivity index is 1.57. The minimum Gasteiger partial charge on any atom is -0.497 e. The molecule has 3 aromatic rings. The van der Waals surface area contributed by atoms with Crippen LogP contribution in [0.3, 0.4) is 0 Å². The van der Waals surface area contributed by atoms with E-state index in [0.717, 1.165) is 22.1 Å². The average Bonchev–Trinajstić information content (AvgIpc) is 3.22. The largest absolute Gasteiger partial charge is 0.497 e. The van der Waals surface area contributed by atoms with Crippen LogP contribution in [0, 0.1) is 10.1 Å². The number of nitrogens with zero attached hydrogens (tertiary/aromatic N) is 2. The maximum absolute atomic E-state index is 12.3. The zero-order valence-corrected chi connectivity index (χ0v) is 16.6. The number of thiophene rings is 1. The molecule has 0 aliphatic heterocycles. The lowest BCUT2D eigenvalue weighted by molar-refractivity contribution is -0.380.